The van der Waals surface area contributed by atoms with Gasteiger partial charge in [0, 0.05) is 23.4 Å². The normalized spacial score (nSPS) is 26.1. The van der Waals surface area contributed by atoms with Crippen molar-refractivity contribution in [2.45, 2.75) is 45.1 Å². The Bertz CT molecular complexity index is 570. The minimum absolute atomic E-state index is 0.163. The highest BCUT2D eigenvalue weighted by atomic mass is 32.2. The van der Waals surface area contributed by atoms with E-state index in [4.69, 9.17) is 4.74 Å². The van der Waals surface area contributed by atoms with Crippen molar-refractivity contribution in [1.29, 1.82) is 0 Å². The van der Waals surface area contributed by atoms with E-state index in [0.717, 1.165) is 49.2 Å². The van der Waals surface area contributed by atoms with Gasteiger partial charge in [0.15, 0.2) is 0 Å². The Morgan fingerprint density at radius 1 is 1.32 bits per heavy atom. The third-order valence-electron chi connectivity index (χ3n) is 5.27. The molecule has 0 aromatic rings. The number of hydrogen-bond donors (Lipinski definition) is 3. The van der Waals surface area contributed by atoms with Crippen LogP contribution in [0.1, 0.15) is 39.0 Å². The molecule has 1 saturated carbocycles. The van der Waals surface area contributed by atoms with Gasteiger partial charge in [0.2, 0.25) is 6.17 Å². The zero-order valence-electron chi connectivity index (χ0n) is 14.9. The highest BCUT2D eigenvalue weighted by Crippen LogP contribution is 2.31. The van der Waals surface area contributed by atoms with Crippen molar-refractivity contribution >= 4 is 18.1 Å². The number of rotatable bonds is 5. The van der Waals surface area contributed by atoms with Gasteiger partial charge in [0.25, 0.3) is 0 Å². The molecule has 6 nitrogen and oxygen atoms in total. The van der Waals surface area contributed by atoms with Crippen molar-refractivity contribution in [3.05, 3.63) is 28.8 Å². The van der Waals surface area contributed by atoms with Gasteiger partial charge in [-0.25, -0.2) is 4.99 Å². The van der Waals surface area contributed by atoms with Gasteiger partial charge in [0.05, 0.1) is 25.7 Å². The zero-order chi connectivity index (χ0) is 17.1. The van der Waals surface area contributed by atoms with Crippen LogP contribution in [-0.2, 0) is 4.74 Å². The first-order valence-corrected chi connectivity index (χ1v) is 10.4. The summed E-state index contributed by atoms with van der Waals surface area (Å²) in [6, 6.07) is 0. The van der Waals surface area contributed by atoms with Crippen LogP contribution in [0.15, 0.2) is 27.6 Å². The topological polar surface area (TPSA) is 60.9 Å². The Kier molecular flexibility index (Phi) is 5.53. The van der Waals surface area contributed by atoms with E-state index in [2.05, 4.69) is 39.0 Å². The summed E-state index contributed by atoms with van der Waals surface area (Å²) in [5, 5.41) is 9.91. The van der Waals surface area contributed by atoms with Crippen LogP contribution in [0.3, 0.4) is 0 Å². The van der Waals surface area contributed by atoms with Gasteiger partial charge in [-0.2, -0.15) is 0 Å². The maximum Gasteiger partial charge on any atom is 0.202 e. The number of nitrogens with zero attached hydrogens (tertiary/aromatic N) is 2. The summed E-state index contributed by atoms with van der Waals surface area (Å²) in [6.07, 6.45) is 11.9. The third-order valence-corrected chi connectivity index (χ3v) is 6.43. The second kappa shape index (κ2) is 8.01. The maximum atomic E-state index is 6.23. The van der Waals surface area contributed by atoms with E-state index in [1.54, 1.807) is 6.34 Å². The van der Waals surface area contributed by atoms with Crippen molar-refractivity contribution in [3.63, 3.8) is 0 Å². The van der Waals surface area contributed by atoms with Crippen LogP contribution in [0.25, 0.3) is 0 Å². The molecule has 4 rings (SSSR count). The second-order valence-electron chi connectivity index (χ2n) is 7.06. The van der Waals surface area contributed by atoms with Gasteiger partial charge in [-0.15, -0.1) is 11.8 Å². The largest absolute Gasteiger partial charge is 0.373 e. The van der Waals surface area contributed by atoms with Gasteiger partial charge in [0.1, 0.15) is 11.5 Å². The summed E-state index contributed by atoms with van der Waals surface area (Å²) < 4.78 is 6.23. The van der Waals surface area contributed by atoms with E-state index in [1.807, 2.05) is 11.8 Å². The van der Waals surface area contributed by atoms with Crippen LogP contribution < -0.4 is 16.0 Å². The summed E-state index contributed by atoms with van der Waals surface area (Å²) in [4.78, 5) is 7.94. The van der Waals surface area contributed by atoms with E-state index in [-0.39, 0.29) is 6.10 Å². The molecule has 3 heterocycles. The summed E-state index contributed by atoms with van der Waals surface area (Å²) in [5.74, 6) is 2.90. The number of fused-ring (bicyclic) bond motifs is 1. The fourth-order valence-corrected chi connectivity index (χ4v) is 4.81. The number of ether oxygens (including phenoxy) is 1. The monoisotopic (exact) mass is 362 g/mol. The molecule has 0 amide bonds. The van der Waals surface area contributed by atoms with Crippen LogP contribution in [-0.4, -0.2) is 42.9 Å². The Hall–Kier alpha value is -1.18. The van der Waals surface area contributed by atoms with E-state index in [1.165, 1.54) is 37.0 Å². The number of thioether (sulfide) groups is 1. The molecule has 4 aliphatic rings. The van der Waals surface area contributed by atoms with Crippen molar-refractivity contribution in [3.8, 4) is 0 Å². The van der Waals surface area contributed by atoms with Gasteiger partial charge in [-0.3, -0.25) is 5.32 Å². The first-order valence-electron chi connectivity index (χ1n) is 9.42. The molecular formula is C18H28N5OS. The SMILES string of the molecule is CC(OCC1CCCCC1)C1=CN(C2=C3NCN[C]3N=CN2)CCS1. The van der Waals surface area contributed by atoms with Gasteiger partial charge >= 0.3 is 0 Å². The number of aliphatic imine (C=N–C) groups is 1. The molecule has 7 heteroatoms. The molecule has 137 valence electrons. The average Bonchev–Trinajstić information content (AvgIpc) is 3.16. The lowest BCUT2D eigenvalue weighted by molar-refractivity contribution is 0.0535. The molecule has 0 aromatic heterocycles. The van der Waals surface area contributed by atoms with E-state index in [9.17, 15) is 0 Å². The van der Waals surface area contributed by atoms with E-state index < -0.39 is 0 Å². The molecule has 2 fully saturated rings. The van der Waals surface area contributed by atoms with Gasteiger partial charge < -0.3 is 20.3 Å². The third kappa shape index (κ3) is 3.99. The van der Waals surface area contributed by atoms with Crippen molar-refractivity contribution in [1.82, 2.24) is 20.9 Å². The number of hydrogen-bond acceptors (Lipinski definition) is 7. The highest BCUT2D eigenvalue weighted by Gasteiger charge is 2.30. The van der Waals surface area contributed by atoms with Crippen molar-refractivity contribution in [2.75, 3.05) is 25.6 Å². The molecule has 3 N–H and O–H groups in total. The summed E-state index contributed by atoms with van der Waals surface area (Å²) in [6.45, 7) is 4.80. The predicted octanol–water partition coefficient (Wildman–Crippen LogP) is 2.30. The van der Waals surface area contributed by atoms with Crippen LogP contribution in [0.4, 0.5) is 0 Å². The maximum absolute atomic E-state index is 6.23. The van der Waals surface area contributed by atoms with E-state index >= 15 is 0 Å². The highest BCUT2D eigenvalue weighted by molar-refractivity contribution is 8.03. The lowest BCUT2D eigenvalue weighted by Crippen LogP contribution is -2.37. The quantitative estimate of drug-likeness (QED) is 0.698. The fourth-order valence-electron chi connectivity index (χ4n) is 3.78. The standard InChI is InChI=1S/C18H28N5OS/c1-13(24-10-14-5-3-2-4-6-14)15-9-23(7-8-25-15)18-16-17(20-11-19-16)21-12-22-18/h9,12-14,19-20H,2-8,10-11H2,1H3,(H,21,22). The van der Waals surface area contributed by atoms with E-state index in [0.29, 0.717) is 0 Å². The van der Waals surface area contributed by atoms with Crippen LogP contribution >= 0.6 is 11.8 Å². The molecular weight excluding hydrogens is 334 g/mol. The first kappa shape index (κ1) is 17.2. The predicted molar refractivity (Wildman–Crippen MR) is 102 cm³/mol. The molecule has 1 radical (unpaired) electrons. The molecule has 1 unspecified atom stereocenters. The number of nitrogens with one attached hydrogen (secondary N) is 3. The molecule has 3 aliphatic heterocycles. The summed E-state index contributed by atoms with van der Waals surface area (Å²) in [5.41, 5.74) is 1.06. The minimum atomic E-state index is 0.163. The Balaban J connectivity index is 1.40. The average molecular weight is 363 g/mol. The molecule has 1 saturated heterocycles. The van der Waals surface area contributed by atoms with Crippen LogP contribution in [0.2, 0.25) is 0 Å². The second-order valence-corrected chi connectivity index (χ2v) is 8.23. The fraction of sp³-hybridized carbons (Fsp3) is 0.667. The molecule has 0 spiro atoms. The molecule has 1 aliphatic carbocycles. The molecule has 0 aromatic carbocycles. The van der Waals surface area contributed by atoms with Gasteiger partial charge in [-0.05, 0) is 25.7 Å². The Morgan fingerprint density at radius 3 is 3.08 bits per heavy atom. The zero-order valence-corrected chi connectivity index (χ0v) is 15.7. The Labute approximate surface area is 154 Å². The van der Waals surface area contributed by atoms with Crippen LogP contribution in [0.5, 0.6) is 0 Å². The lowest BCUT2D eigenvalue weighted by atomic mass is 9.90. The van der Waals surface area contributed by atoms with Crippen molar-refractivity contribution < 1.29 is 4.74 Å². The molecule has 1 atom stereocenters. The smallest absolute Gasteiger partial charge is 0.202 e. The van der Waals surface area contributed by atoms with Crippen LogP contribution in [0, 0.1) is 12.1 Å². The van der Waals surface area contributed by atoms with Crippen molar-refractivity contribution in [2.24, 2.45) is 10.9 Å². The van der Waals surface area contributed by atoms with Gasteiger partial charge in [-0.1, -0.05) is 19.3 Å². The summed E-state index contributed by atoms with van der Waals surface area (Å²) >= 11 is 1.92. The summed E-state index contributed by atoms with van der Waals surface area (Å²) in [7, 11) is 0. The first-order chi connectivity index (χ1) is 12.3. The lowest BCUT2D eigenvalue weighted by Gasteiger charge is -2.33. The molecule has 25 heavy (non-hydrogen) atoms. The molecule has 0 bridgehead atoms. The Morgan fingerprint density at radius 2 is 2.20 bits per heavy atom. The minimum Gasteiger partial charge on any atom is -0.373 e.